The highest BCUT2D eigenvalue weighted by Gasteiger charge is 2.17. The second kappa shape index (κ2) is 10.7. The summed E-state index contributed by atoms with van der Waals surface area (Å²) in [4.78, 5) is 12.3. The van der Waals surface area contributed by atoms with Crippen LogP contribution in [0.25, 0.3) is 11.0 Å². The van der Waals surface area contributed by atoms with Crippen molar-refractivity contribution in [1.82, 2.24) is 0 Å². The lowest BCUT2D eigenvalue weighted by Gasteiger charge is -2.12. The molecule has 0 atom stereocenters. The first-order valence-corrected chi connectivity index (χ1v) is 9.53. The van der Waals surface area contributed by atoms with Crippen LogP contribution in [0, 0.1) is 0 Å². The molecule has 0 amide bonds. The Morgan fingerprint density at radius 2 is 1.58 bits per heavy atom. The molecule has 1 heterocycles. The monoisotopic (exact) mass is 362 g/mol. The number of fused-ring (bicyclic) bond motifs is 1. The van der Waals surface area contributed by atoms with Gasteiger partial charge in [-0.2, -0.15) is 0 Å². The molecule has 0 N–H and O–H groups in total. The Kier molecular flexibility index (Phi) is 8.32. The quantitative estimate of drug-likeness (QED) is 0.377. The van der Waals surface area contributed by atoms with E-state index in [1.54, 1.807) is 25.3 Å². The van der Waals surface area contributed by atoms with E-state index >= 15 is 0 Å². The molecule has 0 fully saturated rings. The predicted octanol–water partition coefficient (Wildman–Crippen LogP) is 5.33. The molecule has 0 unspecified atom stereocenters. The van der Waals surface area contributed by atoms with E-state index < -0.39 is 5.63 Å². The topological polar surface area (TPSA) is 57.9 Å². The van der Waals surface area contributed by atoms with Crippen LogP contribution in [0.5, 0.6) is 17.2 Å². The molecule has 0 saturated heterocycles. The van der Waals surface area contributed by atoms with Gasteiger partial charge < -0.3 is 18.6 Å². The molecule has 144 valence electrons. The fraction of sp³-hybridized carbons (Fsp3) is 0.571. The summed E-state index contributed by atoms with van der Waals surface area (Å²) in [5, 5.41) is 0.693. The van der Waals surface area contributed by atoms with Gasteiger partial charge in [0.2, 0.25) is 5.75 Å². The summed E-state index contributed by atoms with van der Waals surface area (Å²) in [5.74, 6) is 1.18. The number of benzene rings is 1. The van der Waals surface area contributed by atoms with Gasteiger partial charge in [-0.1, -0.05) is 51.9 Å². The minimum Gasteiger partial charge on any atom is -0.497 e. The lowest BCUT2D eigenvalue weighted by molar-refractivity contribution is 0.272. The van der Waals surface area contributed by atoms with Crippen LogP contribution in [-0.4, -0.2) is 20.8 Å². The maximum absolute atomic E-state index is 12.3. The lowest BCUT2D eigenvalue weighted by Crippen LogP contribution is -2.10. The summed E-state index contributed by atoms with van der Waals surface area (Å²) in [7, 11) is 3.10. The Morgan fingerprint density at radius 3 is 2.23 bits per heavy atom. The first kappa shape index (κ1) is 20.1. The van der Waals surface area contributed by atoms with Crippen molar-refractivity contribution in [2.45, 2.75) is 58.3 Å². The van der Waals surface area contributed by atoms with Crippen LogP contribution < -0.4 is 19.8 Å². The lowest BCUT2D eigenvalue weighted by atomic mass is 10.1. The highest BCUT2D eigenvalue weighted by Crippen LogP contribution is 2.34. The Bertz CT molecular complexity index is 735. The molecule has 2 rings (SSSR count). The van der Waals surface area contributed by atoms with Crippen LogP contribution in [0.1, 0.15) is 58.3 Å². The molecule has 5 heteroatoms. The van der Waals surface area contributed by atoms with Crippen molar-refractivity contribution in [2.75, 3.05) is 20.8 Å². The van der Waals surface area contributed by atoms with Gasteiger partial charge in [0.15, 0.2) is 5.75 Å². The van der Waals surface area contributed by atoms with Crippen molar-refractivity contribution >= 4 is 11.0 Å². The normalized spacial score (nSPS) is 10.9. The van der Waals surface area contributed by atoms with Gasteiger partial charge >= 0.3 is 5.63 Å². The van der Waals surface area contributed by atoms with E-state index in [1.807, 2.05) is 0 Å². The van der Waals surface area contributed by atoms with Gasteiger partial charge in [-0.05, 0) is 18.6 Å². The van der Waals surface area contributed by atoms with Crippen molar-refractivity contribution in [3.8, 4) is 17.2 Å². The summed E-state index contributed by atoms with van der Waals surface area (Å²) < 4.78 is 21.7. The van der Waals surface area contributed by atoms with Gasteiger partial charge in [-0.15, -0.1) is 0 Å². The zero-order chi connectivity index (χ0) is 18.8. The second-order valence-corrected chi connectivity index (χ2v) is 6.44. The van der Waals surface area contributed by atoms with E-state index in [4.69, 9.17) is 18.6 Å². The van der Waals surface area contributed by atoms with E-state index in [1.165, 1.54) is 45.6 Å². The number of ether oxygens (including phenoxy) is 3. The molecular formula is C21H30O5. The van der Waals surface area contributed by atoms with Gasteiger partial charge in [0.25, 0.3) is 0 Å². The van der Waals surface area contributed by atoms with Crippen molar-refractivity contribution in [3.05, 3.63) is 28.6 Å². The SMILES string of the molecule is CCCCCCCCCCOc1c(OC)c2ccc(OC)cc2oc1=O. The first-order valence-electron chi connectivity index (χ1n) is 9.53. The van der Waals surface area contributed by atoms with Crippen LogP contribution in [0.2, 0.25) is 0 Å². The predicted molar refractivity (Wildman–Crippen MR) is 104 cm³/mol. The summed E-state index contributed by atoms with van der Waals surface area (Å²) >= 11 is 0. The minimum absolute atomic E-state index is 0.146. The zero-order valence-electron chi connectivity index (χ0n) is 16.1. The third-order valence-corrected chi connectivity index (χ3v) is 4.48. The molecule has 0 aliphatic rings. The minimum atomic E-state index is -0.526. The maximum atomic E-state index is 12.3. The highest BCUT2D eigenvalue weighted by atomic mass is 16.5. The van der Waals surface area contributed by atoms with Crippen molar-refractivity contribution in [2.24, 2.45) is 0 Å². The average Bonchev–Trinajstić information content (AvgIpc) is 2.66. The molecule has 0 aliphatic heterocycles. The molecule has 0 aliphatic carbocycles. The molecule has 0 bridgehead atoms. The third kappa shape index (κ3) is 5.41. The first-order chi connectivity index (χ1) is 12.7. The highest BCUT2D eigenvalue weighted by molar-refractivity contribution is 5.86. The van der Waals surface area contributed by atoms with Crippen LogP contribution >= 0.6 is 0 Å². The van der Waals surface area contributed by atoms with Crippen LogP contribution in [-0.2, 0) is 0 Å². The van der Waals surface area contributed by atoms with Crippen molar-refractivity contribution in [3.63, 3.8) is 0 Å². The Labute approximate surface area is 155 Å². The molecule has 5 nitrogen and oxygen atoms in total. The maximum Gasteiger partial charge on any atom is 0.383 e. The molecule has 0 spiro atoms. The molecule has 0 saturated carbocycles. The smallest absolute Gasteiger partial charge is 0.383 e. The van der Waals surface area contributed by atoms with E-state index in [2.05, 4.69) is 6.92 Å². The van der Waals surface area contributed by atoms with Gasteiger partial charge in [-0.25, -0.2) is 4.79 Å². The van der Waals surface area contributed by atoms with Crippen molar-refractivity contribution < 1.29 is 18.6 Å². The average molecular weight is 362 g/mol. The second-order valence-electron chi connectivity index (χ2n) is 6.44. The molecular weight excluding hydrogens is 332 g/mol. The molecule has 1 aromatic heterocycles. The summed E-state index contributed by atoms with van der Waals surface area (Å²) in [6, 6.07) is 5.27. The zero-order valence-corrected chi connectivity index (χ0v) is 16.1. The van der Waals surface area contributed by atoms with Crippen LogP contribution in [0.15, 0.2) is 27.4 Å². The Hall–Kier alpha value is -2.17. The number of rotatable bonds is 12. The standard InChI is InChI=1S/C21H30O5/c1-4-5-6-7-8-9-10-11-14-25-20-19(24-3)17-13-12-16(23-2)15-18(17)26-21(20)22/h12-13,15H,4-11,14H2,1-3H3. The summed E-state index contributed by atoms with van der Waals surface area (Å²) in [6.45, 7) is 2.71. The number of hydrogen-bond acceptors (Lipinski definition) is 5. The fourth-order valence-corrected chi connectivity index (χ4v) is 3.00. The van der Waals surface area contributed by atoms with E-state index in [0.29, 0.717) is 29.1 Å². The molecule has 26 heavy (non-hydrogen) atoms. The van der Waals surface area contributed by atoms with E-state index in [0.717, 1.165) is 12.8 Å². The fourth-order valence-electron chi connectivity index (χ4n) is 3.00. The van der Waals surface area contributed by atoms with Crippen LogP contribution in [0.3, 0.4) is 0 Å². The third-order valence-electron chi connectivity index (χ3n) is 4.48. The largest absolute Gasteiger partial charge is 0.497 e. The van der Waals surface area contributed by atoms with Crippen LogP contribution in [0.4, 0.5) is 0 Å². The van der Waals surface area contributed by atoms with Gasteiger partial charge in [-0.3, -0.25) is 0 Å². The van der Waals surface area contributed by atoms with E-state index in [-0.39, 0.29) is 5.75 Å². The van der Waals surface area contributed by atoms with E-state index in [9.17, 15) is 4.79 Å². The number of unbranched alkanes of at least 4 members (excludes halogenated alkanes) is 7. The Balaban J connectivity index is 1.93. The molecule has 0 radical (unpaired) electrons. The van der Waals surface area contributed by atoms with Crippen molar-refractivity contribution in [1.29, 1.82) is 0 Å². The molecule has 1 aromatic carbocycles. The van der Waals surface area contributed by atoms with Gasteiger partial charge in [0, 0.05) is 6.07 Å². The number of methoxy groups -OCH3 is 2. The summed E-state index contributed by atoms with van der Waals surface area (Å²) in [6.07, 6.45) is 9.72. The van der Waals surface area contributed by atoms with Gasteiger partial charge in [0.1, 0.15) is 11.3 Å². The summed E-state index contributed by atoms with van der Waals surface area (Å²) in [5.41, 5.74) is -0.104. The molecule has 2 aromatic rings. The number of hydrogen-bond donors (Lipinski definition) is 0. The Morgan fingerprint density at radius 1 is 0.885 bits per heavy atom. The van der Waals surface area contributed by atoms with Gasteiger partial charge in [0.05, 0.1) is 26.2 Å².